The van der Waals surface area contributed by atoms with Gasteiger partial charge in [0.1, 0.15) is 0 Å². The van der Waals surface area contributed by atoms with Crippen LogP contribution < -0.4 is 0 Å². The van der Waals surface area contributed by atoms with Gasteiger partial charge in [-0.3, -0.25) is 0 Å². The van der Waals surface area contributed by atoms with E-state index in [0.29, 0.717) is 5.92 Å². The summed E-state index contributed by atoms with van der Waals surface area (Å²) in [5, 5.41) is 10.5. The normalized spacial score (nSPS) is 20.4. The lowest BCUT2D eigenvalue weighted by Gasteiger charge is -2.28. The molecule has 94 valence electrons. The van der Waals surface area contributed by atoms with Gasteiger partial charge in [0.25, 0.3) is 0 Å². The summed E-state index contributed by atoms with van der Waals surface area (Å²) in [4.78, 5) is 1.08. The van der Waals surface area contributed by atoms with Gasteiger partial charge in [-0.2, -0.15) is 0 Å². The first-order valence-corrected chi connectivity index (χ1v) is 7.85. The van der Waals surface area contributed by atoms with Gasteiger partial charge in [0, 0.05) is 4.88 Å². The zero-order valence-corrected chi connectivity index (χ0v) is 12.4. The Kier molecular flexibility index (Phi) is 3.55. The molecule has 1 aromatic carbocycles. The third kappa shape index (κ3) is 2.40. The van der Waals surface area contributed by atoms with Crippen LogP contribution in [0.3, 0.4) is 0 Å². The van der Waals surface area contributed by atoms with Gasteiger partial charge in [-0.1, -0.05) is 24.3 Å². The van der Waals surface area contributed by atoms with Crippen molar-refractivity contribution >= 4 is 27.3 Å². The maximum atomic E-state index is 10.5. The maximum Gasteiger partial charge on any atom is 0.0913 e. The highest BCUT2D eigenvalue weighted by molar-refractivity contribution is 9.11. The van der Waals surface area contributed by atoms with Crippen LogP contribution in [0, 0.1) is 5.92 Å². The molecular weight excluding hydrogens is 308 g/mol. The summed E-state index contributed by atoms with van der Waals surface area (Å²) < 4.78 is 1.09. The Hall–Kier alpha value is -0.640. The highest BCUT2D eigenvalue weighted by Crippen LogP contribution is 2.37. The van der Waals surface area contributed by atoms with Gasteiger partial charge in [-0.05, 0) is 64.4 Å². The van der Waals surface area contributed by atoms with Crippen LogP contribution in [0.4, 0.5) is 0 Å². The first-order valence-electron chi connectivity index (χ1n) is 6.24. The van der Waals surface area contributed by atoms with Crippen LogP contribution in [-0.4, -0.2) is 5.11 Å². The number of aliphatic hydroxyl groups is 1. The highest BCUT2D eigenvalue weighted by atomic mass is 79.9. The summed E-state index contributed by atoms with van der Waals surface area (Å²) in [5.74, 6) is 0.352. The minimum atomic E-state index is -0.324. The van der Waals surface area contributed by atoms with E-state index in [9.17, 15) is 5.11 Å². The molecule has 3 rings (SSSR count). The molecule has 1 aliphatic rings. The van der Waals surface area contributed by atoms with Crippen molar-refractivity contribution in [2.24, 2.45) is 5.92 Å². The number of rotatable bonds is 2. The van der Waals surface area contributed by atoms with Crippen LogP contribution in [0.2, 0.25) is 0 Å². The molecule has 1 aliphatic carbocycles. The van der Waals surface area contributed by atoms with Crippen LogP contribution in [0.15, 0.2) is 40.2 Å². The standard InChI is InChI=1S/C15H15BrOS/c16-14-8-7-13(18-14)15(17)12-6-5-10-3-1-2-4-11(10)9-12/h1-4,7-8,12,15,17H,5-6,9H2. The van der Waals surface area contributed by atoms with Crippen LogP contribution in [0.1, 0.15) is 28.5 Å². The number of hydrogen-bond acceptors (Lipinski definition) is 2. The maximum absolute atomic E-state index is 10.5. The molecule has 18 heavy (non-hydrogen) atoms. The van der Waals surface area contributed by atoms with Crippen LogP contribution in [-0.2, 0) is 12.8 Å². The van der Waals surface area contributed by atoms with E-state index < -0.39 is 0 Å². The van der Waals surface area contributed by atoms with Gasteiger partial charge in [0.2, 0.25) is 0 Å². The van der Waals surface area contributed by atoms with Crippen LogP contribution in [0.5, 0.6) is 0 Å². The number of thiophene rings is 1. The number of benzene rings is 1. The molecular formula is C15H15BrOS. The second-order valence-electron chi connectivity index (χ2n) is 4.86. The number of fused-ring (bicyclic) bond motifs is 1. The fourth-order valence-corrected chi connectivity index (χ4v) is 4.22. The Morgan fingerprint density at radius 1 is 1.17 bits per heavy atom. The molecule has 0 fully saturated rings. The van der Waals surface area contributed by atoms with E-state index in [0.717, 1.165) is 27.9 Å². The fourth-order valence-electron chi connectivity index (χ4n) is 2.71. The lowest BCUT2D eigenvalue weighted by molar-refractivity contribution is 0.103. The second-order valence-corrected chi connectivity index (χ2v) is 7.35. The van der Waals surface area contributed by atoms with Gasteiger partial charge in [-0.25, -0.2) is 0 Å². The number of hydrogen-bond donors (Lipinski definition) is 1. The summed E-state index contributed by atoms with van der Waals surface area (Å²) >= 11 is 5.10. The summed E-state index contributed by atoms with van der Waals surface area (Å²) in [5.41, 5.74) is 2.86. The van der Waals surface area contributed by atoms with Crippen molar-refractivity contribution < 1.29 is 5.11 Å². The van der Waals surface area contributed by atoms with E-state index >= 15 is 0 Å². The lowest BCUT2D eigenvalue weighted by atomic mass is 9.81. The third-order valence-electron chi connectivity index (χ3n) is 3.72. The molecule has 0 bridgehead atoms. The molecule has 0 spiro atoms. The van der Waals surface area contributed by atoms with Crippen molar-refractivity contribution in [1.29, 1.82) is 0 Å². The predicted molar refractivity (Wildman–Crippen MR) is 78.9 cm³/mol. The second kappa shape index (κ2) is 5.16. The predicted octanol–water partition coefficient (Wildman–Crippen LogP) is 4.35. The summed E-state index contributed by atoms with van der Waals surface area (Å²) in [6.07, 6.45) is 2.83. The number of halogens is 1. The topological polar surface area (TPSA) is 20.2 Å². The van der Waals surface area contributed by atoms with Crippen LogP contribution in [0.25, 0.3) is 0 Å². The molecule has 3 heteroatoms. The molecule has 1 aromatic heterocycles. The van der Waals surface area contributed by atoms with E-state index in [1.165, 1.54) is 11.1 Å². The van der Waals surface area contributed by atoms with Crippen molar-refractivity contribution in [2.45, 2.75) is 25.4 Å². The Balaban J connectivity index is 1.79. The van der Waals surface area contributed by atoms with Gasteiger partial charge in [-0.15, -0.1) is 11.3 Å². The van der Waals surface area contributed by atoms with E-state index in [2.05, 4.69) is 40.2 Å². The smallest absolute Gasteiger partial charge is 0.0913 e. The largest absolute Gasteiger partial charge is 0.387 e. The molecule has 0 saturated carbocycles. The first-order chi connectivity index (χ1) is 8.74. The molecule has 1 N–H and O–H groups in total. The molecule has 0 aliphatic heterocycles. The Morgan fingerprint density at radius 2 is 1.94 bits per heavy atom. The molecule has 2 atom stereocenters. The average molecular weight is 323 g/mol. The summed E-state index contributed by atoms with van der Waals surface area (Å²) in [6, 6.07) is 12.6. The molecule has 0 radical (unpaired) electrons. The molecule has 0 amide bonds. The van der Waals surface area contributed by atoms with Gasteiger partial charge in [0.15, 0.2) is 0 Å². The zero-order valence-electron chi connectivity index (χ0n) is 9.97. The molecule has 0 saturated heterocycles. The lowest BCUT2D eigenvalue weighted by Crippen LogP contribution is -2.20. The molecule has 1 heterocycles. The number of aryl methyl sites for hydroxylation is 1. The van der Waals surface area contributed by atoms with Gasteiger partial charge >= 0.3 is 0 Å². The monoisotopic (exact) mass is 322 g/mol. The van der Waals surface area contributed by atoms with Crippen molar-refractivity contribution in [3.8, 4) is 0 Å². The average Bonchev–Trinajstić information content (AvgIpc) is 2.84. The molecule has 2 aromatic rings. The Morgan fingerprint density at radius 3 is 2.67 bits per heavy atom. The van der Waals surface area contributed by atoms with E-state index in [1.54, 1.807) is 11.3 Å². The molecule has 2 unspecified atom stereocenters. The number of aliphatic hydroxyl groups excluding tert-OH is 1. The quantitative estimate of drug-likeness (QED) is 0.871. The summed E-state index contributed by atoms with van der Waals surface area (Å²) in [6.45, 7) is 0. The van der Waals surface area contributed by atoms with Gasteiger partial charge in [0.05, 0.1) is 9.89 Å². The zero-order chi connectivity index (χ0) is 12.5. The van der Waals surface area contributed by atoms with E-state index in [4.69, 9.17) is 0 Å². The highest BCUT2D eigenvalue weighted by Gasteiger charge is 2.26. The van der Waals surface area contributed by atoms with E-state index in [1.807, 2.05) is 12.1 Å². The minimum Gasteiger partial charge on any atom is -0.387 e. The first kappa shape index (κ1) is 12.4. The van der Waals surface area contributed by atoms with Crippen molar-refractivity contribution in [2.75, 3.05) is 0 Å². The fraction of sp³-hybridized carbons (Fsp3) is 0.333. The summed E-state index contributed by atoms with van der Waals surface area (Å²) in [7, 11) is 0. The van der Waals surface area contributed by atoms with Crippen molar-refractivity contribution in [3.63, 3.8) is 0 Å². The van der Waals surface area contributed by atoms with Gasteiger partial charge < -0.3 is 5.11 Å². The van der Waals surface area contributed by atoms with Crippen molar-refractivity contribution in [3.05, 3.63) is 56.2 Å². The SMILES string of the molecule is OC(c1ccc(Br)s1)C1CCc2ccccc2C1. The van der Waals surface area contributed by atoms with E-state index in [-0.39, 0.29) is 6.10 Å². The Labute approximate surface area is 120 Å². The Bertz CT molecular complexity index is 549. The van der Waals surface area contributed by atoms with Crippen molar-refractivity contribution in [1.82, 2.24) is 0 Å². The molecule has 1 nitrogen and oxygen atoms in total. The minimum absolute atomic E-state index is 0.324. The third-order valence-corrected chi connectivity index (χ3v) is 5.41. The van der Waals surface area contributed by atoms with Crippen LogP contribution >= 0.6 is 27.3 Å².